The maximum Gasteiger partial charge on any atom is 0.239 e. The van der Waals surface area contributed by atoms with Gasteiger partial charge in [-0.3, -0.25) is 4.79 Å². The molecule has 1 saturated heterocycles. The summed E-state index contributed by atoms with van der Waals surface area (Å²) in [7, 11) is 1.91. The molecule has 3 fully saturated rings. The molecular weight excluding hydrogens is 240 g/mol. The summed E-state index contributed by atoms with van der Waals surface area (Å²) in [5.74, 6) is 2.40. The van der Waals surface area contributed by atoms with E-state index < -0.39 is 0 Å². The number of hydrogen-bond acceptors (Lipinski definition) is 3. The third-order valence-electron chi connectivity index (χ3n) is 5.01. The molecule has 2 saturated carbocycles. The zero-order valence-electron chi connectivity index (χ0n) is 11.9. The predicted octanol–water partition coefficient (Wildman–Crippen LogP) is 1.26. The fourth-order valence-corrected chi connectivity index (χ4v) is 3.54. The summed E-state index contributed by atoms with van der Waals surface area (Å²) in [5.41, 5.74) is 0. The third-order valence-corrected chi connectivity index (χ3v) is 5.01. The number of rotatable bonds is 6. The Morgan fingerprint density at radius 3 is 2.95 bits per heavy atom. The highest BCUT2D eigenvalue weighted by Crippen LogP contribution is 2.38. The van der Waals surface area contributed by atoms with E-state index in [1.54, 1.807) is 0 Å². The number of carbonyl (C=O) groups excluding carboxylic acids is 1. The first kappa shape index (κ1) is 13.4. The second-order valence-electron chi connectivity index (χ2n) is 6.52. The average molecular weight is 266 g/mol. The van der Waals surface area contributed by atoms with Crippen LogP contribution in [-0.2, 0) is 9.53 Å². The molecule has 0 aromatic carbocycles. The topological polar surface area (TPSA) is 41.6 Å². The van der Waals surface area contributed by atoms with Crippen LogP contribution in [0, 0.1) is 17.8 Å². The van der Waals surface area contributed by atoms with E-state index in [1.807, 2.05) is 11.9 Å². The van der Waals surface area contributed by atoms with E-state index in [-0.39, 0.29) is 11.9 Å². The summed E-state index contributed by atoms with van der Waals surface area (Å²) in [4.78, 5) is 14.3. The van der Waals surface area contributed by atoms with E-state index in [9.17, 15) is 4.79 Å². The van der Waals surface area contributed by atoms with Gasteiger partial charge in [-0.1, -0.05) is 6.42 Å². The fourth-order valence-electron chi connectivity index (χ4n) is 3.54. The van der Waals surface area contributed by atoms with Gasteiger partial charge in [-0.25, -0.2) is 0 Å². The monoisotopic (exact) mass is 266 g/mol. The quantitative estimate of drug-likeness (QED) is 0.736. The number of fused-ring (bicyclic) bond motifs is 1. The first-order valence-electron chi connectivity index (χ1n) is 7.82. The number of likely N-dealkylation sites (N-methyl/N-ethyl adjacent to an activating group) is 1. The zero-order chi connectivity index (χ0) is 13.2. The van der Waals surface area contributed by atoms with Crippen LogP contribution in [0.25, 0.3) is 0 Å². The Kier molecular flexibility index (Phi) is 4.08. The average Bonchev–Trinajstić information content (AvgIpc) is 2.96. The van der Waals surface area contributed by atoms with E-state index in [4.69, 9.17) is 4.74 Å². The number of nitrogens with one attached hydrogen (secondary N) is 1. The molecule has 0 spiro atoms. The van der Waals surface area contributed by atoms with E-state index in [2.05, 4.69) is 5.32 Å². The molecule has 108 valence electrons. The van der Waals surface area contributed by atoms with Gasteiger partial charge in [0.25, 0.3) is 0 Å². The zero-order valence-corrected chi connectivity index (χ0v) is 11.9. The van der Waals surface area contributed by atoms with E-state index in [0.717, 1.165) is 31.5 Å². The smallest absolute Gasteiger partial charge is 0.239 e. The minimum atomic E-state index is 0.0703. The van der Waals surface area contributed by atoms with Gasteiger partial charge in [0, 0.05) is 20.2 Å². The van der Waals surface area contributed by atoms with Crippen LogP contribution in [0.5, 0.6) is 0 Å². The van der Waals surface area contributed by atoms with E-state index in [0.29, 0.717) is 12.5 Å². The molecule has 1 aliphatic heterocycles. The molecule has 0 bridgehead atoms. The molecular formula is C15H26N2O2. The minimum Gasteiger partial charge on any atom is -0.379 e. The second kappa shape index (κ2) is 5.80. The van der Waals surface area contributed by atoms with Crippen molar-refractivity contribution in [1.82, 2.24) is 10.2 Å². The van der Waals surface area contributed by atoms with E-state index >= 15 is 0 Å². The van der Waals surface area contributed by atoms with Gasteiger partial charge in [-0.15, -0.1) is 0 Å². The van der Waals surface area contributed by atoms with Crippen molar-refractivity contribution in [2.45, 2.75) is 38.1 Å². The largest absolute Gasteiger partial charge is 0.379 e. The first-order valence-corrected chi connectivity index (χ1v) is 7.82. The van der Waals surface area contributed by atoms with Gasteiger partial charge in [0.2, 0.25) is 5.91 Å². The molecule has 0 aromatic rings. The van der Waals surface area contributed by atoms with Crippen molar-refractivity contribution in [3.63, 3.8) is 0 Å². The molecule has 0 aromatic heterocycles. The van der Waals surface area contributed by atoms with Gasteiger partial charge in [-0.05, 0) is 50.0 Å². The Hall–Kier alpha value is -0.610. The molecule has 3 aliphatic rings. The fraction of sp³-hybridized carbons (Fsp3) is 0.933. The lowest BCUT2D eigenvalue weighted by Gasteiger charge is -2.24. The molecule has 0 radical (unpaired) electrons. The lowest BCUT2D eigenvalue weighted by Crippen LogP contribution is -2.45. The Morgan fingerprint density at radius 2 is 2.16 bits per heavy atom. The highest BCUT2D eigenvalue weighted by atomic mass is 16.5. The Bertz CT molecular complexity index is 330. The molecule has 3 atom stereocenters. The first-order chi connectivity index (χ1) is 9.25. The van der Waals surface area contributed by atoms with Gasteiger partial charge < -0.3 is 15.0 Å². The highest BCUT2D eigenvalue weighted by Gasteiger charge is 2.43. The second-order valence-corrected chi connectivity index (χ2v) is 6.52. The van der Waals surface area contributed by atoms with Gasteiger partial charge in [0.05, 0.1) is 12.6 Å². The molecule has 19 heavy (non-hydrogen) atoms. The van der Waals surface area contributed by atoms with Crippen molar-refractivity contribution < 1.29 is 9.53 Å². The molecule has 1 N–H and O–H groups in total. The van der Waals surface area contributed by atoms with E-state index in [1.165, 1.54) is 32.1 Å². The molecule has 1 heterocycles. The molecule has 3 unspecified atom stereocenters. The van der Waals surface area contributed by atoms with Gasteiger partial charge in [0.1, 0.15) is 0 Å². The maximum atomic E-state index is 12.4. The van der Waals surface area contributed by atoms with Crippen LogP contribution in [0.2, 0.25) is 0 Å². The van der Waals surface area contributed by atoms with Crippen molar-refractivity contribution in [2.75, 3.05) is 33.4 Å². The van der Waals surface area contributed by atoms with Gasteiger partial charge >= 0.3 is 0 Å². The molecule has 2 aliphatic carbocycles. The number of nitrogens with zero attached hydrogens (tertiary/aromatic N) is 1. The Balaban J connectivity index is 1.40. The van der Waals surface area contributed by atoms with Crippen molar-refractivity contribution in [2.24, 2.45) is 17.8 Å². The van der Waals surface area contributed by atoms with Gasteiger partial charge in [-0.2, -0.15) is 0 Å². The van der Waals surface area contributed by atoms with Crippen molar-refractivity contribution in [1.29, 1.82) is 0 Å². The van der Waals surface area contributed by atoms with Crippen LogP contribution in [-0.4, -0.2) is 50.2 Å². The number of amides is 1. The summed E-state index contributed by atoms with van der Waals surface area (Å²) < 4.78 is 5.61. The van der Waals surface area contributed by atoms with Crippen molar-refractivity contribution in [3.8, 4) is 0 Å². The Morgan fingerprint density at radius 1 is 1.32 bits per heavy atom. The maximum absolute atomic E-state index is 12.4. The summed E-state index contributed by atoms with van der Waals surface area (Å²) >= 11 is 0. The van der Waals surface area contributed by atoms with Crippen LogP contribution in [0.1, 0.15) is 32.1 Å². The summed E-state index contributed by atoms with van der Waals surface area (Å²) in [6.07, 6.45) is 6.47. The number of ether oxygens (including phenoxy) is 1. The highest BCUT2D eigenvalue weighted by molar-refractivity contribution is 5.82. The lowest BCUT2D eigenvalue weighted by atomic mass is 9.93. The summed E-state index contributed by atoms with van der Waals surface area (Å²) in [5, 5.41) is 3.43. The van der Waals surface area contributed by atoms with Gasteiger partial charge in [0.15, 0.2) is 0 Å². The van der Waals surface area contributed by atoms with Crippen LogP contribution >= 0.6 is 0 Å². The minimum absolute atomic E-state index is 0.0703. The van der Waals surface area contributed by atoms with Crippen LogP contribution in [0.4, 0.5) is 0 Å². The number of hydrogen-bond donors (Lipinski definition) is 1. The van der Waals surface area contributed by atoms with Crippen LogP contribution in [0.15, 0.2) is 0 Å². The predicted molar refractivity (Wildman–Crippen MR) is 73.8 cm³/mol. The normalized spacial score (nSPS) is 33.4. The summed E-state index contributed by atoms with van der Waals surface area (Å²) in [6, 6.07) is 0.0703. The van der Waals surface area contributed by atoms with Crippen LogP contribution in [0.3, 0.4) is 0 Å². The summed E-state index contributed by atoms with van der Waals surface area (Å²) in [6.45, 7) is 3.32. The standard InChI is InChI=1S/C15H26N2O2/c1-17(7-8-19-10-11-5-6-11)15(18)14-13-4-2-3-12(13)9-16-14/h11-14,16H,2-10H2,1H3. The molecule has 3 rings (SSSR count). The SMILES string of the molecule is CN(CCOCC1CC1)C(=O)C1NCC2CCCC21. The van der Waals surface area contributed by atoms with Crippen molar-refractivity contribution in [3.05, 3.63) is 0 Å². The molecule has 1 amide bonds. The van der Waals surface area contributed by atoms with Crippen molar-refractivity contribution >= 4 is 5.91 Å². The Labute approximate surface area is 115 Å². The number of carbonyl (C=O) groups is 1. The molecule has 4 nitrogen and oxygen atoms in total. The van der Waals surface area contributed by atoms with Crippen LogP contribution < -0.4 is 5.32 Å². The lowest BCUT2D eigenvalue weighted by molar-refractivity contribution is -0.133. The third kappa shape index (κ3) is 3.11. The molecule has 4 heteroatoms.